The fourth-order valence-corrected chi connectivity index (χ4v) is 4.95. The zero-order valence-corrected chi connectivity index (χ0v) is 19.8. The van der Waals surface area contributed by atoms with Gasteiger partial charge in [-0.3, -0.25) is 4.99 Å². The van der Waals surface area contributed by atoms with Gasteiger partial charge in [-0.15, -0.1) is 34.2 Å². The van der Waals surface area contributed by atoms with Crippen molar-refractivity contribution in [3.8, 4) is 0 Å². The first-order chi connectivity index (χ1) is 13.2. The van der Waals surface area contributed by atoms with Crippen molar-refractivity contribution in [3.05, 3.63) is 11.6 Å². The number of guanidine groups is 1. The number of nitrogens with zero attached hydrogens (tertiary/aromatic N) is 6. The van der Waals surface area contributed by atoms with E-state index in [1.165, 1.54) is 51.7 Å². The molecule has 7 nitrogen and oxygen atoms in total. The highest BCUT2D eigenvalue weighted by Gasteiger charge is 2.28. The van der Waals surface area contributed by atoms with Gasteiger partial charge in [0.25, 0.3) is 0 Å². The molecule has 3 aliphatic rings. The van der Waals surface area contributed by atoms with Crippen LogP contribution in [0.3, 0.4) is 0 Å². The van der Waals surface area contributed by atoms with Crippen molar-refractivity contribution in [2.24, 2.45) is 16.8 Å². The molecule has 0 aliphatic carbocycles. The Hall–Kier alpha value is -0.900. The predicted molar refractivity (Wildman–Crippen MR) is 123 cm³/mol. The van der Waals surface area contributed by atoms with Crippen molar-refractivity contribution in [1.82, 2.24) is 29.9 Å². The van der Waals surface area contributed by atoms with Crippen LogP contribution in [0.1, 0.15) is 43.8 Å². The van der Waals surface area contributed by atoms with E-state index in [0.717, 1.165) is 56.1 Å². The van der Waals surface area contributed by atoms with Crippen LogP contribution in [0.4, 0.5) is 0 Å². The Morgan fingerprint density at radius 2 is 1.89 bits per heavy atom. The highest BCUT2D eigenvalue weighted by atomic mass is 127. The first-order valence-corrected chi connectivity index (χ1v) is 10.8. The molecule has 0 aromatic carbocycles. The summed E-state index contributed by atoms with van der Waals surface area (Å²) in [5.41, 5.74) is 0. The second-order valence-electron chi connectivity index (χ2n) is 8.57. The summed E-state index contributed by atoms with van der Waals surface area (Å²) in [6, 6.07) is 0. The average Bonchev–Trinajstić information content (AvgIpc) is 3.30. The molecule has 28 heavy (non-hydrogen) atoms. The Balaban J connectivity index is 0.00000225. The van der Waals surface area contributed by atoms with Crippen molar-refractivity contribution >= 4 is 29.9 Å². The molecule has 2 atom stereocenters. The molecule has 2 saturated heterocycles. The smallest absolute Gasteiger partial charge is 0.193 e. The van der Waals surface area contributed by atoms with E-state index in [9.17, 15) is 0 Å². The third-order valence-corrected chi connectivity index (χ3v) is 6.54. The lowest BCUT2D eigenvalue weighted by Crippen LogP contribution is -2.43. The normalized spacial score (nSPS) is 26.1. The monoisotopic (exact) mass is 501 g/mol. The van der Waals surface area contributed by atoms with E-state index >= 15 is 0 Å². The number of aromatic nitrogens is 3. The van der Waals surface area contributed by atoms with E-state index in [4.69, 9.17) is 0 Å². The molecule has 1 aromatic rings. The summed E-state index contributed by atoms with van der Waals surface area (Å²) in [6.45, 7) is 10.2. The molecule has 0 radical (unpaired) electrons. The number of fused-ring (bicyclic) bond motifs is 1. The molecule has 0 saturated carbocycles. The van der Waals surface area contributed by atoms with Crippen LogP contribution < -0.4 is 5.32 Å². The lowest BCUT2D eigenvalue weighted by Gasteiger charge is -2.29. The molecule has 1 N–H and O–H groups in total. The second kappa shape index (κ2) is 10.2. The number of piperidine rings is 1. The first-order valence-electron chi connectivity index (χ1n) is 10.8. The number of aliphatic imine (C=N–C) groups is 1. The minimum absolute atomic E-state index is 0. The Bertz CT molecular complexity index is 653. The number of likely N-dealkylation sites (tertiary alicyclic amines) is 2. The molecule has 0 amide bonds. The van der Waals surface area contributed by atoms with Gasteiger partial charge in [0.1, 0.15) is 11.6 Å². The summed E-state index contributed by atoms with van der Waals surface area (Å²) in [5.74, 6) is 4.68. The van der Waals surface area contributed by atoms with Gasteiger partial charge in [-0.1, -0.05) is 6.42 Å². The Labute approximate surface area is 186 Å². The van der Waals surface area contributed by atoms with Crippen molar-refractivity contribution in [2.45, 2.75) is 52.0 Å². The molecule has 3 aliphatic heterocycles. The number of nitrogens with one attached hydrogen (secondary N) is 1. The molecular formula is C20H36IN7. The van der Waals surface area contributed by atoms with Gasteiger partial charge in [0.05, 0.1) is 0 Å². The molecule has 158 valence electrons. The average molecular weight is 501 g/mol. The summed E-state index contributed by atoms with van der Waals surface area (Å²) < 4.78 is 2.28. The minimum Gasteiger partial charge on any atom is -0.356 e. The highest BCUT2D eigenvalue weighted by molar-refractivity contribution is 14.0. The van der Waals surface area contributed by atoms with Gasteiger partial charge in [0, 0.05) is 46.2 Å². The van der Waals surface area contributed by atoms with Crippen LogP contribution in [0.25, 0.3) is 0 Å². The highest BCUT2D eigenvalue weighted by Crippen LogP contribution is 2.21. The van der Waals surface area contributed by atoms with Crippen LogP contribution in [0.2, 0.25) is 0 Å². The van der Waals surface area contributed by atoms with Crippen molar-refractivity contribution in [2.75, 3.05) is 46.3 Å². The largest absolute Gasteiger partial charge is 0.356 e. The zero-order chi connectivity index (χ0) is 18.6. The topological polar surface area (TPSA) is 61.6 Å². The quantitative estimate of drug-likeness (QED) is 0.389. The number of hydrogen-bond acceptors (Lipinski definition) is 4. The van der Waals surface area contributed by atoms with Crippen LogP contribution in [-0.4, -0.2) is 76.8 Å². The summed E-state index contributed by atoms with van der Waals surface area (Å²) in [5, 5.41) is 12.2. The lowest BCUT2D eigenvalue weighted by molar-refractivity contribution is 0.198. The van der Waals surface area contributed by atoms with Crippen LogP contribution in [-0.2, 0) is 13.0 Å². The SMILES string of the molecule is CN=C(NCC1CCc2nnc(C)n2C1)N1CCC(CN2CCCCC2)C1.I. The van der Waals surface area contributed by atoms with Gasteiger partial charge in [-0.05, 0) is 57.5 Å². The van der Waals surface area contributed by atoms with E-state index in [0.29, 0.717) is 5.92 Å². The number of hydrogen-bond donors (Lipinski definition) is 1. The van der Waals surface area contributed by atoms with E-state index in [1.54, 1.807) is 0 Å². The van der Waals surface area contributed by atoms with Crippen LogP contribution in [0.5, 0.6) is 0 Å². The van der Waals surface area contributed by atoms with E-state index in [2.05, 4.69) is 41.8 Å². The summed E-state index contributed by atoms with van der Waals surface area (Å²) in [4.78, 5) is 9.71. The van der Waals surface area contributed by atoms with Gasteiger partial charge in [-0.2, -0.15) is 0 Å². The van der Waals surface area contributed by atoms with Crippen LogP contribution in [0, 0.1) is 18.8 Å². The molecule has 2 fully saturated rings. The maximum atomic E-state index is 4.57. The van der Waals surface area contributed by atoms with Gasteiger partial charge >= 0.3 is 0 Å². The van der Waals surface area contributed by atoms with Crippen molar-refractivity contribution in [3.63, 3.8) is 0 Å². The van der Waals surface area contributed by atoms with Gasteiger partial charge < -0.3 is 19.7 Å². The summed E-state index contributed by atoms with van der Waals surface area (Å²) in [7, 11) is 1.92. The molecule has 4 heterocycles. The molecule has 0 spiro atoms. The molecule has 0 bridgehead atoms. The maximum absolute atomic E-state index is 4.57. The molecule has 8 heteroatoms. The van der Waals surface area contributed by atoms with Gasteiger partial charge in [0.15, 0.2) is 5.96 Å². The summed E-state index contributed by atoms with van der Waals surface area (Å²) in [6.07, 6.45) is 7.70. The van der Waals surface area contributed by atoms with Gasteiger partial charge in [0.2, 0.25) is 0 Å². The summed E-state index contributed by atoms with van der Waals surface area (Å²) >= 11 is 0. The minimum atomic E-state index is 0. The third-order valence-electron chi connectivity index (χ3n) is 6.54. The zero-order valence-electron chi connectivity index (χ0n) is 17.4. The standard InChI is InChI=1S/C20H35N7.HI/c1-16-23-24-19-7-6-17(15-27(16)19)12-22-20(21-2)26-11-8-18(14-26)13-25-9-4-3-5-10-25;/h17-18H,3-15H2,1-2H3,(H,21,22);1H. The van der Waals surface area contributed by atoms with Crippen LogP contribution in [0.15, 0.2) is 4.99 Å². The number of aryl methyl sites for hydroxylation is 2. The predicted octanol–water partition coefficient (Wildman–Crippen LogP) is 2.15. The molecule has 2 unspecified atom stereocenters. The molecule has 1 aromatic heterocycles. The fourth-order valence-electron chi connectivity index (χ4n) is 4.95. The lowest BCUT2D eigenvalue weighted by atomic mass is 9.99. The van der Waals surface area contributed by atoms with E-state index < -0.39 is 0 Å². The van der Waals surface area contributed by atoms with E-state index in [-0.39, 0.29) is 24.0 Å². The van der Waals surface area contributed by atoms with Gasteiger partial charge in [-0.25, -0.2) is 0 Å². The first kappa shape index (κ1) is 21.8. The Kier molecular flexibility index (Phi) is 7.96. The van der Waals surface area contributed by atoms with Crippen LogP contribution >= 0.6 is 24.0 Å². The molecular weight excluding hydrogens is 465 g/mol. The van der Waals surface area contributed by atoms with Crippen molar-refractivity contribution < 1.29 is 0 Å². The van der Waals surface area contributed by atoms with Crippen molar-refractivity contribution in [1.29, 1.82) is 0 Å². The number of halogens is 1. The Morgan fingerprint density at radius 3 is 2.68 bits per heavy atom. The third kappa shape index (κ3) is 5.17. The second-order valence-corrected chi connectivity index (χ2v) is 8.57. The Morgan fingerprint density at radius 1 is 1.07 bits per heavy atom. The van der Waals surface area contributed by atoms with E-state index in [1.807, 2.05) is 7.05 Å². The number of rotatable bonds is 4. The maximum Gasteiger partial charge on any atom is 0.193 e. The molecule has 4 rings (SSSR count). The fraction of sp³-hybridized carbons (Fsp3) is 0.850.